The van der Waals surface area contributed by atoms with Crippen LogP contribution in [0.1, 0.15) is 101 Å². The number of hydrogen-bond acceptors (Lipinski definition) is 11. The molecule has 73 heavy (non-hydrogen) atoms. The molecule has 5 aromatic rings. The third kappa shape index (κ3) is 12.1. The van der Waals surface area contributed by atoms with Crippen molar-refractivity contribution in [3.05, 3.63) is 121 Å². The van der Waals surface area contributed by atoms with Crippen molar-refractivity contribution in [2.45, 2.75) is 159 Å². The highest BCUT2D eigenvalue weighted by atomic mass is 32.1. The monoisotopic (exact) mass is 1070 g/mol. The average molecular weight is 1070 g/mol. The molecule has 2 aromatic carbocycles. The first-order chi connectivity index (χ1) is 34.5. The molecule has 2 bridgehead atoms. The van der Waals surface area contributed by atoms with Gasteiger partial charge in [-0.2, -0.15) is 0 Å². The van der Waals surface area contributed by atoms with E-state index < -0.39 is 22.2 Å². The van der Waals surface area contributed by atoms with Crippen LogP contribution >= 0.6 is 22.7 Å². The summed E-state index contributed by atoms with van der Waals surface area (Å²) in [6, 6.07) is 25.6. The maximum atomic E-state index is 14.9. The highest BCUT2D eigenvalue weighted by molar-refractivity contribution is 7.12. The van der Waals surface area contributed by atoms with Gasteiger partial charge in [-0.05, 0) is 102 Å². The maximum Gasteiger partial charge on any atom is 0.348 e. The number of aromatic amines is 1. The number of thiophene rings is 2. The number of amides is 2. The fourth-order valence-corrected chi connectivity index (χ4v) is 14.9. The number of carbonyl (C=O) groups is 2. The molecule has 4 unspecified atom stereocenters. The van der Waals surface area contributed by atoms with Crippen molar-refractivity contribution in [1.29, 1.82) is 0 Å². The minimum absolute atomic E-state index is 0.00207. The summed E-state index contributed by atoms with van der Waals surface area (Å²) in [6.07, 6.45) is 3.96. The average Bonchev–Trinajstić information content (AvgIpc) is 3.59. The van der Waals surface area contributed by atoms with Crippen molar-refractivity contribution < 1.29 is 37.1 Å². The summed E-state index contributed by atoms with van der Waals surface area (Å²) in [6.45, 7) is 26.0. The molecule has 13 nitrogen and oxygen atoms in total. The van der Waals surface area contributed by atoms with Crippen LogP contribution in [-0.4, -0.2) is 108 Å². The lowest BCUT2D eigenvalue weighted by Crippen LogP contribution is -2.64. The number of nitrogens with one attached hydrogen (secondary N) is 4. The van der Waals surface area contributed by atoms with Gasteiger partial charge in [0.1, 0.15) is 42.8 Å². The van der Waals surface area contributed by atoms with Crippen molar-refractivity contribution in [3.63, 3.8) is 0 Å². The minimum atomic E-state index is -2.47. The fourth-order valence-electron chi connectivity index (χ4n) is 10.3. The molecule has 17 heteroatoms. The predicted molar refractivity (Wildman–Crippen MR) is 299 cm³/mol. The Morgan fingerprint density at radius 3 is 2.03 bits per heavy atom. The van der Waals surface area contributed by atoms with Crippen molar-refractivity contribution in [3.8, 4) is 5.75 Å². The van der Waals surface area contributed by atoms with Crippen LogP contribution in [0, 0.1) is 0 Å². The molecule has 6 heterocycles. The van der Waals surface area contributed by atoms with Crippen LogP contribution in [0.15, 0.2) is 94.4 Å². The van der Waals surface area contributed by atoms with Gasteiger partial charge in [-0.3, -0.25) is 4.79 Å². The van der Waals surface area contributed by atoms with Gasteiger partial charge in [0.2, 0.25) is 11.2 Å². The van der Waals surface area contributed by atoms with E-state index in [4.69, 9.17) is 23.1 Å². The molecule has 0 saturated carbocycles. The van der Waals surface area contributed by atoms with Gasteiger partial charge in [0.15, 0.2) is 16.6 Å². The molecule has 3 aliphatic heterocycles. The number of benzene rings is 2. The highest BCUT2D eigenvalue weighted by Crippen LogP contribution is 2.54. The minimum Gasteiger partial charge on any atom is -0.487 e. The Morgan fingerprint density at radius 2 is 1.41 bits per heavy atom. The van der Waals surface area contributed by atoms with Crippen LogP contribution in [0.2, 0.25) is 36.3 Å². The van der Waals surface area contributed by atoms with Crippen LogP contribution in [-0.2, 0) is 35.3 Å². The number of H-pyrrole nitrogens is 1. The molecule has 3 aliphatic rings. The molecule has 3 saturated heterocycles. The normalized spacial score (nSPS) is 22.4. The summed E-state index contributed by atoms with van der Waals surface area (Å²) in [5, 5.41) is 14.7. The molecule has 3 aromatic heterocycles. The van der Waals surface area contributed by atoms with Crippen LogP contribution in [0.3, 0.4) is 0 Å². The van der Waals surface area contributed by atoms with Gasteiger partial charge >= 0.3 is 12.0 Å². The zero-order valence-corrected chi connectivity index (χ0v) is 48.6. The van der Waals surface area contributed by atoms with Crippen molar-refractivity contribution in [1.82, 2.24) is 20.9 Å². The number of pyridine rings is 1. The quantitative estimate of drug-likeness (QED) is 0.0165. The van der Waals surface area contributed by atoms with Crippen molar-refractivity contribution >= 4 is 62.2 Å². The predicted octanol–water partition coefficient (Wildman–Crippen LogP) is 11.0. The number of esters is 1. The van der Waals surface area contributed by atoms with E-state index in [2.05, 4.69) is 102 Å². The standard InChI is InChI=1S/C56H79N5O8S2Si2/c1-54(2,3)72(8,9)68-45(40-24-26-44(49-41(40)25-27-48(62)60-49)65-37-38-20-14-12-15-21-38)36-57-28-16-13-17-29-58-53(64)59-30-31-61(7)42-34-39(35-43(61)51-50(42)67-51)66-52(63)56(46-22-18-32-70-46,47-23-19-33-71-47)69-73(10,11)55(4,5)6/h12,14-15,18-27,32-33,39,42-43,45,50-51,57H,13,16-17,28-31,34-37H2,1-11H3,(H2-,58,59,60,62,64)/p+1/t39?,42?,43?,45-,50?,51?,61?/m0/s1. The zero-order chi connectivity index (χ0) is 52.4. The third-order valence-electron chi connectivity index (χ3n) is 16.6. The second-order valence-corrected chi connectivity index (χ2v) is 35.0. The largest absolute Gasteiger partial charge is 0.487 e. The molecule has 0 aliphatic carbocycles. The lowest BCUT2D eigenvalue weighted by molar-refractivity contribution is -0.955. The number of likely N-dealkylation sites (N-methyl/N-ethyl adjacent to an activating group) is 1. The van der Waals surface area contributed by atoms with E-state index in [1.54, 1.807) is 6.07 Å². The molecule has 396 valence electrons. The number of fused-ring (bicyclic) bond motifs is 6. The summed E-state index contributed by atoms with van der Waals surface area (Å²) >= 11 is 3.08. The molecule has 5 atom stereocenters. The lowest BCUT2D eigenvalue weighted by atomic mass is 9.94. The highest BCUT2D eigenvalue weighted by Gasteiger charge is 2.72. The third-order valence-corrected chi connectivity index (χ3v) is 27.5. The first-order valence-corrected chi connectivity index (χ1v) is 33.8. The van der Waals surface area contributed by atoms with Crippen LogP contribution in [0.4, 0.5) is 4.79 Å². The number of rotatable bonds is 23. The molecular formula is C56H80N5O8S2Si2+. The van der Waals surface area contributed by atoms with Gasteiger partial charge in [0, 0.05) is 37.4 Å². The SMILES string of the molecule is CC(C)(C)[Si](C)(C)O[C@@H](CNCCCCCNC(=O)NCC[N+]1(C)C2CC(OC(=O)C(O[Si](C)(C)C(C)(C)C)(c3cccs3)c3cccs3)CC1C1OC12)c1ccc(OCc2ccccc2)c2[nH]c(=O)ccc12. The molecular weight excluding hydrogens is 991 g/mol. The maximum absolute atomic E-state index is 14.9. The van der Waals surface area contributed by atoms with Gasteiger partial charge in [0.05, 0.1) is 41.5 Å². The second-order valence-electron chi connectivity index (χ2n) is 23.6. The number of urea groups is 1. The Bertz CT molecular complexity index is 2650. The first kappa shape index (κ1) is 55.1. The molecule has 4 N–H and O–H groups in total. The van der Waals surface area contributed by atoms with E-state index in [1.165, 1.54) is 22.7 Å². The number of ether oxygens (including phenoxy) is 3. The Morgan fingerprint density at radius 1 is 0.781 bits per heavy atom. The number of morpholine rings is 1. The number of unbranched alkanes of at least 4 members (excludes halogenated alkanes) is 2. The molecule has 3 fully saturated rings. The summed E-state index contributed by atoms with van der Waals surface area (Å²) in [4.78, 5) is 45.3. The van der Waals surface area contributed by atoms with Crippen molar-refractivity contribution in [2.75, 3.05) is 39.8 Å². The van der Waals surface area contributed by atoms with E-state index in [0.717, 1.165) is 63.1 Å². The summed E-state index contributed by atoms with van der Waals surface area (Å²) in [7, 11) is -2.39. The van der Waals surface area contributed by atoms with E-state index in [0.29, 0.717) is 50.3 Å². The molecule has 0 spiro atoms. The Labute approximate surface area is 442 Å². The Balaban J connectivity index is 0.799. The topological polar surface area (TPSA) is 153 Å². The van der Waals surface area contributed by atoms with Gasteiger partial charge in [-0.15, -0.1) is 22.7 Å². The number of epoxide rings is 1. The number of quaternary nitrogens is 1. The number of nitrogens with zero attached hydrogens (tertiary/aromatic N) is 1. The van der Waals surface area contributed by atoms with Crippen molar-refractivity contribution in [2.24, 2.45) is 0 Å². The zero-order valence-electron chi connectivity index (χ0n) is 44.9. The molecule has 2 amide bonds. The van der Waals surface area contributed by atoms with Gasteiger partial charge < -0.3 is 48.5 Å². The fraction of sp³-hybridized carbons (Fsp3) is 0.554. The smallest absolute Gasteiger partial charge is 0.348 e. The summed E-state index contributed by atoms with van der Waals surface area (Å²) in [5.74, 6) is 0.299. The van der Waals surface area contributed by atoms with Gasteiger partial charge in [-0.1, -0.05) is 96.5 Å². The van der Waals surface area contributed by atoms with Crippen LogP contribution < -0.4 is 26.2 Å². The number of piperidine rings is 1. The van der Waals surface area contributed by atoms with Crippen LogP contribution in [0.5, 0.6) is 5.75 Å². The molecule has 0 radical (unpaired) electrons. The van der Waals surface area contributed by atoms with E-state index >= 15 is 0 Å². The van der Waals surface area contributed by atoms with Gasteiger partial charge in [-0.25, -0.2) is 9.59 Å². The number of hydrogen-bond donors (Lipinski definition) is 4. The number of carbonyl (C=O) groups excluding carboxylic acids is 2. The Kier molecular flexibility index (Phi) is 16.7. The van der Waals surface area contributed by atoms with E-state index in [9.17, 15) is 14.4 Å². The van der Waals surface area contributed by atoms with Gasteiger partial charge in [0.25, 0.3) is 0 Å². The molecule has 8 rings (SSSR count). The van der Waals surface area contributed by atoms with Crippen LogP contribution in [0.25, 0.3) is 10.9 Å². The summed E-state index contributed by atoms with van der Waals surface area (Å²) < 4.78 is 34.2. The van der Waals surface area contributed by atoms with E-state index in [1.807, 2.05) is 77.5 Å². The Hall–Kier alpha value is -4.18. The number of aromatic nitrogens is 1. The second kappa shape index (κ2) is 22.2. The lowest BCUT2D eigenvalue weighted by Gasteiger charge is -2.49. The first-order valence-electron chi connectivity index (χ1n) is 26.3. The summed E-state index contributed by atoms with van der Waals surface area (Å²) in [5.41, 5.74) is 1.22. The van der Waals surface area contributed by atoms with E-state index in [-0.39, 0.29) is 64.1 Å².